The molecule has 0 aliphatic heterocycles. The summed E-state index contributed by atoms with van der Waals surface area (Å²) < 4.78 is 0. The van der Waals surface area contributed by atoms with Crippen LogP contribution in [0, 0.1) is 0 Å². The summed E-state index contributed by atoms with van der Waals surface area (Å²) in [5, 5.41) is 18.8. The molecule has 2 aromatic rings. The summed E-state index contributed by atoms with van der Waals surface area (Å²) in [5.74, 6) is 0.706. The first-order chi connectivity index (χ1) is 10.6. The number of para-hydroxylation sites is 1. The first-order valence-electron chi connectivity index (χ1n) is 6.27. The van der Waals surface area contributed by atoms with Crippen LogP contribution in [0.3, 0.4) is 0 Å². The Kier molecular flexibility index (Phi) is 6.12. The monoisotopic (exact) mass is 353 g/mol. The molecule has 2 rings (SSSR count). The lowest BCUT2D eigenvalue weighted by Crippen LogP contribution is -2.06. The Hall–Kier alpha value is -1.69. The maximum Gasteiger partial charge on any atom is 0.180 e. The molecule has 7 heteroatoms. The maximum atomic E-state index is 9.58. The molecule has 0 amide bonds. The van der Waals surface area contributed by atoms with Gasteiger partial charge in [-0.3, -0.25) is 0 Å². The van der Waals surface area contributed by atoms with Gasteiger partial charge in [0.15, 0.2) is 5.17 Å². The second-order valence-electron chi connectivity index (χ2n) is 4.27. The summed E-state index contributed by atoms with van der Waals surface area (Å²) in [6, 6.07) is 12.1. The van der Waals surface area contributed by atoms with Gasteiger partial charge in [-0.15, -0.1) is 5.10 Å². The zero-order valence-electron chi connectivity index (χ0n) is 11.4. The molecule has 0 unspecified atom stereocenters. The van der Waals surface area contributed by atoms with Crippen molar-refractivity contribution < 1.29 is 5.11 Å². The quantitative estimate of drug-likeness (QED) is 0.489. The number of nitrogens with zero attached hydrogens (tertiary/aromatic N) is 2. The zero-order chi connectivity index (χ0) is 15.9. The third kappa shape index (κ3) is 4.94. The van der Waals surface area contributed by atoms with Crippen LogP contribution in [0.1, 0.15) is 11.1 Å². The van der Waals surface area contributed by atoms with Gasteiger partial charge in [0.1, 0.15) is 5.75 Å². The minimum atomic E-state index is 0.139. The smallest absolute Gasteiger partial charge is 0.180 e. The highest BCUT2D eigenvalue weighted by atomic mass is 35.5. The minimum Gasteiger partial charge on any atom is -0.507 e. The summed E-state index contributed by atoms with van der Waals surface area (Å²) >= 11 is 13.2. The van der Waals surface area contributed by atoms with E-state index in [-0.39, 0.29) is 5.75 Å². The van der Waals surface area contributed by atoms with Crippen LogP contribution in [-0.4, -0.2) is 16.5 Å². The van der Waals surface area contributed by atoms with E-state index in [0.717, 1.165) is 5.56 Å². The van der Waals surface area contributed by atoms with Crippen molar-refractivity contribution >= 4 is 46.3 Å². The highest BCUT2D eigenvalue weighted by Gasteiger charge is 2.03. The third-order valence-corrected chi connectivity index (χ3v) is 4.10. The minimum absolute atomic E-state index is 0.139. The Balaban J connectivity index is 1.94. The number of amidine groups is 1. The summed E-state index contributed by atoms with van der Waals surface area (Å²) in [6.45, 7) is 0. The Morgan fingerprint density at radius 3 is 2.73 bits per heavy atom. The van der Waals surface area contributed by atoms with E-state index in [0.29, 0.717) is 26.5 Å². The van der Waals surface area contributed by atoms with E-state index in [9.17, 15) is 5.11 Å². The van der Waals surface area contributed by atoms with Crippen LogP contribution >= 0.6 is 35.0 Å². The second kappa shape index (κ2) is 8.08. The van der Waals surface area contributed by atoms with Crippen molar-refractivity contribution in [1.29, 1.82) is 0 Å². The van der Waals surface area contributed by atoms with Crippen LogP contribution in [0.15, 0.2) is 52.7 Å². The lowest BCUT2D eigenvalue weighted by atomic mass is 10.2. The predicted octanol–water partition coefficient (Wildman–Crippen LogP) is 4.28. The van der Waals surface area contributed by atoms with Gasteiger partial charge >= 0.3 is 0 Å². The van der Waals surface area contributed by atoms with Crippen molar-refractivity contribution in [3.05, 3.63) is 63.6 Å². The predicted molar refractivity (Wildman–Crippen MR) is 95.1 cm³/mol. The molecular weight excluding hydrogens is 341 g/mol. The number of phenols is 1. The molecule has 0 aromatic heterocycles. The fourth-order valence-electron chi connectivity index (χ4n) is 1.56. The lowest BCUT2D eigenvalue weighted by Gasteiger charge is -2.03. The van der Waals surface area contributed by atoms with E-state index in [1.165, 1.54) is 18.0 Å². The highest BCUT2D eigenvalue weighted by molar-refractivity contribution is 8.13. The van der Waals surface area contributed by atoms with E-state index in [4.69, 9.17) is 28.9 Å². The van der Waals surface area contributed by atoms with Crippen LogP contribution in [-0.2, 0) is 5.75 Å². The van der Waals surface area contributed by atoms with Gasteiger partial charge in [0.25, 0.3) is 0 Å². The molecule has 0 bridgehead atoms. The Labute approximate surface area is 142 Å². The number of phenolic OH excluding ortho intramolecular Hbond substituents is 1. The zero-order valence-corrected chi connectivity index (χ0v) is 13.7. The van der Waals surface area contributed by atoms with Crippen molar-refractivity contribution in [1.82, 2.24) is 0 Å². The van der Waals surface area contributed by atoms with Crippen LogP contribution in [0.25, 0.3) is 0 Å². The standard InChI is InChI=1S/C15H13Cl2N3OS/c16-12-6-5-11(13(17)7-12)9-22-15(18)20-19-8-10-3-1-2-4-14(10)21/h1-8,21H,9H2,(H2,18,20). The molecule has 0 aliphatic rings. The average molecular weight is 354 g/mol. The molecular formula is C15H13Cl2N3OS. The molecule has 0 atom stereocenters. The Morgan fingerprint density at radius 2 is 2.00 bits per heavy atom. The van der Waals surface area contributed by atoms with E-state index in [2.05, 4.69) is 10.2 Å². The summed E-state index contributed by atoms with van der Waals surface area (Å²) in [5.41, 5.74) is 7.26. The van der Waals surface area contributed by atoms with Crippen molar-refractivity contribution in [2.45, 2.75) is 5.75 Å². The van der Waals surface area contributed by atoms with Gasteiger partial charge < -0.3 is 10.8 Å². The normalized spacial score (nSPS) is 12.0. The van der Waals surface area contributed by atoms with Crippen molar-refractivity contribution in [3.8, 4) is 5.75 Å². The third-order valence-electron chi connectivity index (χ3n) is 2.68. The number of rotatable bonds is 4. The van der Waals surface area contributed by atoms with Crippen LogP contribution in [0.4, 0.5) is 0 Å². The molecule has 0 spiro atoms. The number of benzene rings is 2. The lowest BCUT2D eigenvalue weighted by molar-refractivity contribution is 0.474. The molecule has 2 aromatic carbocycles. The Morgan fingerprint density at radius 1 is 1.23 bits per heavy atom. The van der Waals surface area contributed by atoms with Gasteiger partial charge in [-0.2, -0.15) is 5.10 Å². The van der Waals surface area contributed by atoms with Crippen molar-refractivity contribution in [2.75, 3.05) is 0 Å². The van der Waals surface area contributed by atoms with Crippen molar-refractivity contribution in [2.24, 2.45) is 15.9 Å². The number of hydrogen-bond acceptors (Lipinski definition) is 4. The highest BCUT2D eigenvalue weighted by Crippen LogP contribution is 2.24. The molecule has 114 valence electrons. The van der Waals surface area contributed by atoms with Crippen LogP contribution < -0.4 is 5.73 Å². The largest absolute Gasteiger partial charge is 0.507 e. The SMILES string of the molecule is NC(=NN=Cc1ccccc1O)SCc1ccc(Cl)cc1Cl. The van der Waals surface area contributed by atoms with E-state index < -0.39 is 0 Å². The summed E-state index contributed by atoms with van der Waals surface area (Å²) in [7, 11) is 0. The molecule has 22 heavy (non-hydrogen) atoms. The summed E-state index contributed by atoms with van der Waals surface area (Å²) in [6.07, 6.45) is 1.44. The molecule has 3 N–H and O–H groups in total. The molecule has 0 aliphatic carbocycles. The van der Waals surface area contributed by atoms with Gasteiger partial charge in [0.2, 0.25) is 0 Å². The van der Waals surface area contributed by atoms with E-state index >= 15 is 0 Å². The topological polar surface area (TPSA) is 71.0 Å². The second-order valence-corrected chi connectivity index (χ2v) is 6.11. The summed E-state index contributed by atoms with van der Waals surface area (Å²) in [4.78, 5) is 0. The molecule has 0 radical (unpaired) electrons. The van der Waals surface area contributed by atoms with Crippen LogP contribution in [0.2, 0.25) is 10.0 Å². The van der Waals surface area contributed by atoms with Crippen LogP contribution in [0.5, 0.6) is 5.75 Å². The molecule has 0 saturated heterocycles. The number of aromatic hydroxyl groups is 1. The number of halogens is 2. The first kappa shape index (κ1) is 16.7. The fraction of sp³-hybridized carbons (Fsp3) is 0.0667. The van der Waals surface area contributed by atoms with Gasteiger partial charge in [0.05, 0.1) is 6.21 Å². The van der Waals surface area contributed by atoms with Crippen molar-refractivity contribution in [3.63, 3.8) is 0 Å². The van der Waals surface area contributed by atoms with Gasteiger partial charge in [-0.1, -0.05) is 53.2 Å². The van der Waals surface area contributed by atoms with E-state index in [1.54, 1.807) is 36.4 Å². The van der Waals surface area contributed by atoms with E-state index in [1.807, 2.05) is 6.07 Å². The maximum absolute atomic E-state index is 9.58. The molecule has 0 saturated carbocycles. The first-order valence-corrected chi connectivity index (χ1v) is 8.01. The van der Waals surface area contributed by atoms with Gasteiger partial charge in [0, 0.05) is 21.4 Å². The van der Waals surface area contributed by atoms with Gasteiger partial charge in [-0.05, 0) is 29.8 Å². The number of thioether (sulfide) groups is 1. The number of hydrogen-bond donors (Lipinski definition) is 2. The molecule has 0 heterocycles. The van der Waals surface area contributed by atoms with Gasteiger partial charge in [-0.25, -0.2) is 0 Å². The average Bonchev–Trinajstić information content (AvgIpc) is 2.48. The molecule has 4 nitrogen and oxygen atoms in total. The Bertz CT molecular complexity index is 720. The molecule has 0 fully saturated rings. The number of nitrogens with two attached hydrogens (primary N) is 1. The fourth-order valence-corrected chi connectivity index (χ4v) is 2.78.